The molecule has 3 aliphatic rings. The number of ether oxygens (including phenoxy) is 4. The van der Waals surface area contributed by atoms with Crippen LogP contribution in [0.15, 0.2) is 38.0 Å². The highest BCUT2D eigenvalue weighted by molar-refractivity contribution is 7.47. The molecule has 9 rings (SSSR count). The molecule has 0 amide bonds. The first kappa shape index (κ1) is 46.4. The molecule has 32 heteroatoms. The first-order valence-electron chi connectivity index (χ1n) is 18.6. The van der Waals surface area contributed by atoms with E-state index in [-0.39, 0.29) is 35.2 Å². The van der Waals surface area contributed by atoms with Gasteiger partial charge in [-0.05, 0) is 0 Å². The summed E-state index contributed by atoms with van der Waals surface area (Å²) in [6, 6.07) is 0. The number of aliphatic hydroxyl groups excluding tert-OH is 5. The Labute approximate surface area is 357 Å². The number of phosphoric acid groups is 1. The Balaban J connectivity index is 0.000000232. The summed E-state index contributed by atoms with van der Waals surface area (Å²) < 4.78 is 50.3. The van der Waals surface area contributed by atoms with Crippen LogP contribution in [0.2, 0.25) is 0 Å². The normalized spacial score (nSPS) is 30.0. The van der Waals surface area contributed by atoms with Crippen LogP contribution < -0.4 is 17.2 Å². The van der Waals surface area contributed by atoms with Gasteiger partial charge in [0.1, 0.15) is 104 Å². The number of fused-ring (bicyclic) bond motifs is 3. The number of imidazole rings is 3. The molecule has 0 saturated carbocycles. The SMILES string of the molecule is C=O.COC1C(O)C(COP(=O)(O)OC2C(O)C(CO)OC2n2cnc3c(N)ncnc32)OC1n1cnc2c(N)ncnc21.Nc1ncnc2c1ncn2C1OC(COO)C(O)C1O. The summed E-state index contributed by atoms with van der Waals surface area (Å²) in [5.41, 5.74) is 19.2. The Morgan fingerprint density at radius 2 is 1.06 bits per heavy atom. The smallest absolute Gasteiger partial charge is 0.394 e. The highest BCUT2D eigenvalue weighted by atomic mass is 31.2. The molecule has 13 N–H and O–H groups in total. The highest BCUT2D eigenvalue weighted by Crippen LogP contribution is 2.50. The van der Waals surface area contributed by atoms with Gasteiger partial charge in [-0.2, -0.15) is 0 Å². The molecule has 3 aliphatic heterocycles. The Morgan fingerprint density at radius 3 is 1.53 bits per heavy atom. The molecule has 9 heterocycles. The van der Waals surface area contributed by atoms with E-state index in [4.69, 9.17) is 55.2 Å². The zero-order chi connectivity index (χ0) is 46.0. The van der Waals surface area contributed by atoms with Gasteiger partial charge in [-0.25, -0.2) is 54.3 Å². The molecule has 6 aromatic rings. The molecule has 3 saturated heterocycles. The molecule has 0 radical (unpaired) electrons. The van der Waals surface area contributed by atoms with Crippen LogP contribution in [-0.2, 0) is 42.2 Å². The molecule has 0 bridgehead atoms. The van der Waals surface area contributed by atoms with E-state index in [2.05, 4.69) is 49.7 Å². The number of carbonyl (C=O) groups is 1. The van der Waals surface area contributed by atoms with Crippen LogP contribution >= 0.6 is 7.82 Å². The summed E-state index contributed by atoms with van der Waals surface area (Å²) in [6.07, 6.45) is -6.36. The fourth-order valence-corrected chi connectivity index (χ4v) is 8.16. The number of nitrogen functional groups attached to an aromatic ring is 3. The maximum atomic E-state index is 13.1. The van der Waals surface area contributed by atoms with E-state index in [9.17, 15) is 35.0 Å². The first-order chi connectivity index (χ1) is 30.8. The maximum absolute atomic E-state index is 13.1. The van der Waals surface area contributed by atoms with Gasteiger partial charge in [-0.15, -0.1) is 0 Å². The molecule has 0 aliphatic carbocycles. The standard InChI is InChI=1S/C21H27N10O10P.C10H13N5O5.CH2O/c1-37-14-13(34)9(40-20(14)30-6-28-10-16(22)24-4-26-18(10)30)3-38-42(35,36)41-15-12(33)8(2-32)39-21(15)31-7-29-11-17(23)25-5-27-19(11)31;11-8-5-9(13-2-12-8)15(3-14-5)10-7(17)6(16)4(20-10)1-19-18;1-2/h4-9,12-15,20-21,32-34H,2-3H2,1H3,(H,35,36)(H2,22,24,26)(H2,23,25,27);2-4,6-7,10,16-18H,1H2,(H2,11,12,13);1H2. The van der Waals surface area contributed by atoms with Crippen LogP contribution in [0.25, 0.3) is 33.5 Å². The Morgan fingerprint density at radius 1 is 0.641 bits per heavy atom. The van der Waals surface area contributed by atoms with E-state index < -0.39 is 94.7 Å². The molecule has 64 heavy (non-hydrogen) atoms. The molecule has 6 aromatic heterocycles. The van der Waals surface area contributed by atoms with Crippen LogP contribution in [0, 0.1) is 0 Å². The summed E-state index contributed by atoms with van der Waals surface area (Å²) in [4.78, 5) is 58.8. The molecule has 13 unspecified atom stereocenters. The van der Waals surface area contributed by atoms with Crippen molar-refractivity contribution in [1.29, 1.82) is 0 Å². The third-order valence-electron chi connectivity index (χ3n) is 10.3. The Kier molecular flexibility index (Phi) is 13.9. The fraction of sp³-hybridized carbons (Fsp3) is 0.500. The summed E-state index contributed by atoms with van der Waals surface area (Å²) in [5.74, 6) is 0.424. The van der Waals surface area contributed by atoms with Crippen molar-refractivity contribution in [2.45, 2.75) is 73.6 Å². The van der Waals surface area contributed by atoms with E-state index in [0.29, 0.717) is 22.3 Å². The van der Waals surface area contributed by atoms with E-state index in [0.717, 1.165) is 0 Å². The Hall–Kier alpha value is -5.61. The number of anilines is 3. The van der Waals surface area contributed by atoms with Crippen molar-refractivity contribution in [1.82, 2.24) is 58.6 Å². The topological polar surface area (TPSA) is 449 Å². The molecule has 3 fully saturated rings. The molecule has 0 spiro atoms. The number of hydrogen-bond acceptors (Lipinski definition) is 27. The second-order valence-electron chi connectivity index (χ2n) is 13.9. The van der Waals surface area contributed by atoms with E-state index in [1.165, 1.54) is 58.8 Å². The number of phosphoric ester groups is 1. The number of nitrogens with zero attached hydrogens (tertiary/aromatic N) is 12. The van der Waals surface area contributed by atoms with E-state index in [1.54, 1.807) is 0 Å². The van der Waals surface area contributed by atoms with Crippen molar-refractivity contribution in [3.63, 3.8) is 0 Å². The van der Waals surface area contributed by atoms with Crippen LogP contribution in [0.3, 0.4) is 0 Å². The summed E-state index contributed by atoms with van der Waals surface area (Å²) >= 11 is 0. The van der Waals surface area contributed by atoms with Crippen LogP contribution in [0.4, 0.5) is 17.5 Å². The minimum Gasteiger partial charge on any atom is -0.394 e. The van der Waals surface area contributed by atoms with Crippen molar-refractivity contribution in [3.05, 3.63) is 38.0 Å². The predicted octanol–water partition coefficient (Wildman–Crippen LogP) is -3.81. The van der Waals surface area contributed by atoms with E-state index in [1.807, 2.05) is 6.79 Å². The zero-order valence-corrected chi connectivity index (χ0v) is 34.0. The van der Waals surface area contributed by atoms with Gasteiger partial charge in [-0.1, -0.05) is 0 Å². The minimum atomic E-state index is -4.96. The number of rotatable bonds is 12. The van der Waals surface area contributed by atoms with Crippen molar-refractivity contribution in [2.24, 2.45) is 0 Å². The number of carbonyl (C=O) groups excluding carboxylic acids is 1. The third kappa shape index (κ3) is 8.65. The van der Waals surface area contributed by atoms with Gasteiger partial charge in [0.2, 0.25) is 0 Å². The third-order valence-corrected chi connectivity index (χ3v) is 11.3. The number of methoxy groups -OCH3 is 1. The van der Waals surface area contributed by atoms with Gasteiger partial charge in [0.25, 0.3) is 0 Å². The highest BCUT2D eigenvalue weighted by Gasteiger charge is 2.51. The second-order valence-corrected chi connectivity index (χ2v) is 15.3. The van der Waals surface area contributed by atoms with Crippen molar-refractivity contribution < 1.29 is 77.9 Å². The van der Waals surface area contributed by atoms with Crippen molar-refractivity contribution in [2.75, 3.05) is 44.1 Å². The molecule has 31 nitrogen and oxygen atoms in total. The number of hydrogen-bond donors (Lipinski definition) is 10. The number of aliphatic hydroxyl groups is 5. The molecular formula is C32H42N15O16P. The van der Waals surface area contributed by atoms with Crippen LogP contribution in [0.5, 0.6) is 0 Å². The van der Waals surface area contributed by atoms with Gasteiger partial charge in [0.05, 0.1) is 32.2 Å². The average Bonchev–Trinajstić information content (AvgIpc) is 4.15. The quantitative estimate of drug-likeness (QED) is 0.0319. The lowest BCUT2D eigenvalue weighted by Gasteiger charge is -2.25. The lowest BCUT2D eigenvalue weighted by Crippen LogP contribution is -2.36. The average molecular weight is 924 g/mol. The van der Waals surface area contributed by atoms with Crippen molar-refractivity contribution in [3.8, 4) is 0 Å². The summed E-state index contributed by atoms with van der Waals surface area (Å²) in [5, 5.41) is 59.6. The van der Waals surface area contributed by atoms with E-state index >= 15 is 0 Å². The predicted molar refractivity (Wildman–Crippen MR) is 209 cm³/mol. The maximum Gasteiger partial charge on any atom is 0.472 e. The number of nitrogens with two attached hydrogens (primary N) is 3. The monoisotopic (exact) mass is 923 g/mol. The lowest BCUT2D eigenvalue weighted by molar-refractivity contribution is -0.264. The van der Waals surface area contributed by atoms with Gasteiger partial charge < -0.3 is 71.4 Å². The van der Waals surface area contributed by atoms with Crippen molar-refractivity contribution >= 4 is 65.6 Å². The van der Waals surface area contributed by atoms with Crippen LogP contribution in [0.1, 0.15) is 18.7 Å². The summed E-state index contributed by atoms with van der Waals surface area (Å²) in [6.45, 7) is 0.488. The summed E-state index contributed by atoms with van der Waals surface area (Å²) in [7, 11) is -3.60. The Bertz CT molecular complexity index is 2590. The zero-order valence-electron chi connectivity index (χ0n) is 33.1. The largest absolute Gasteiger partial charge is 0.472 e. The van der Waals surface area contributed by atoms with Crippen LogP contribution in [-0.4, -0.2) is 183 Å². The van der Waals surface area contributed by atoms with Gasteiger partial charge in [-0.3, -0.25) is 28.0 Å². The molecule has 0 aromatic carbocycles. The second kappa shape index (κ2) is 19.2. The fourth-order valence-electron chi connectivity index (χ4n) is 7.23. The number of aromatic nitrogens is 12. The van der Waals surface area contributed by atoms with Gasteiger partial charge in [0, 0.05) is 7.11 Å². The molecule has 13 atom stereocenters. The van der Waals surface area contributed by atoms with Gasteiger partial charge in [0.15, 0.2) is 53.1 Å². The lowest BCUT2D eigenvalue weighted by atomic mass is 10.1. The molecular weight excluding hydrogens is 881 g/mol. The first-order valence-corrected chi connectivity index (χ1v) is 20.1. The minimum absolute atomic E-state index is 0.0760. The van der Waals surface area contributed by atoms with Gasteiger partial charge >= 0.3 is 7.82 Å². The molecule has 346 valence electrons.